The fourth-order valence-electron chi connectivity index (χ4n) is 1.38. The summed E-state index contributed by atoms with van der Waals surface area (Å²) in [5.41, 5.74) is 0.0331. The molecule has 0 aromatic heterocycles. The van der Waals surface area contributed by atoms with E-state index in [9.17, 15) is 9.59 Å². The molecule has 0 radical (unpaired) electrons. The van der Waals surface area contributed by atoms with Crippen LogP contribution in [0.2, 0.25) is 0 Å². The van der Waals surface area contributed by atoms with Crippen LogP contribution in [0.1, 0.15) is 13.8 Å². The van der Waals surface area contributed by atoms with Gasteiger partial charge in [0.05, 0.1) is 7.11 Å². The van der Waals surface area contributed by atoms with Gasteiger partial charge < -0.3 is 15.4 Å². The summed E-state index contributed by atoms with van der Waals surface area (Å²) in [5, 5.41) is 5.61. The van der Waals surface area contributed by atoms with Crippen LogP contribution in [0.15, 0.2) is 30.3 Å². The number of hydrogen-bond acceptors (Lipinski definition) is 4. The van der Waals surface area contributed by atoms with Crippen molar-refractivity contribution in [2.45, 2.75) is 19.4 Å². The first-order chi connectivity index (χ1) is 8.45. The van der Waals surface area contributed by atoms with E-state index in [1.165, 1.54) is 7.11 Å². The van der Waals surface area contributed by atoms with Gasteiger partial charge in [-0.15, -0.1) is 0 Å². The third-order valence-electron chi connectivity index (χ3n) is 2.42. The Morgan fingerprint density at radius 1 is 1.22 bits per heavy atom. The largest absolute Gasteiger partial charge is 0.468 e. The quantitative estimate of drug-likeness (QED) is 0.770. The first kappa shape index (κ1) is 14.0. The summed E-state index contributed by atoms with van der Waals surface area (Å²) < 4.78 is 4.46. The lowest BCUT2D eigenvalue weighted by Gasteiger charge is -2.26. The Labute approximate surface area is 107 Å². The molecule has 0 heterocycles. The van der Waals surface area contributed by atoms with Gasteiger partial charge in [0.15, 0.2) is 0 Å². The van der Waals surface area contributed by atoms with Crippen molar-refractivity contribution in [2.75, 3.05) is 19.0 Å². The predicted octanol–water partition coefficient (Wildman–Crippen LogP) is 1.17. The van der Waals surface area contributed by atoms with Crippen LogP contribution in [0.5, 0.6) is 0 Å². The summed E-state index contributed by atoms with van der Waals surface area (Å²) >= 11 is 0. The first-order valence-electron chi connectivity index (χ1n) is 5.64. The minimum absolute atomic E-state index is 0.130. The molecule has 18 heavy (non-hydrogen) atoms. The van der Waals surface area contributed by atoms with Crippen LogP contribution in [0.3, 0.4) is 0 Å². The molecule has 5 heteroatoms. The van der Waals surface area contributed by atoms with Gasteiger partial charge in [0.25, 0.3) is 0 Å². The van der Waals surface area contributed by atoms with Gasteiger partial charge in [0.2, 0.25) is 5.91 Å². The number of esters is 1. The van der Waals surface area contributed by atoms with Gasteiger partial charge >= 0.3 is 5.97 Å². The van der Waals surface area contributed by atoms with E-state index < -0.39 is 11.5 Å². The van der Waals surface area contributed by atoms with Crippen LogP contribution < -0.4 is 10.6 Å². The molecule has 0 unspecified atom stereocenters. The Morgan fingerprint density at radius 3 is 2.39 bits per heavy atom. The lowest BCUT2D eigenvalue weighted by Crippen LogP contribution is -2.49. The molecule has 0 aliphatic rings. The highest BCUT2D eigenvalue weighted by molar-refractivity contribution is 5.90. The zero-order valence-electron chi connectivity index (χ0n) is 10.8. The maximum absolute atomic E-state index is 11.9. The second kappa shape index (κ2) is 6.05. The van der Waals surface area contributed by atoms with Gasteiger partial charge in [-0.05, 0) is 26.0 Å². The molecule has 1 rings (SSSR count). The highest BCUT2D eigenvalue weighted by Gasteiger charge is 2.27. The van der Waals surface area contributed by atoms with E-state index in [0.29, 0.717) is 0 Å². The van der Waals surface area contributed by atoms with Crippen LogP contribution in [-0.4, -0.2) is 31.1 Å². The van der Waals surface area contributed by atoms with Crippen LogP contribution in [0, 0.1) is 0 Å². The lowest BCUT2D eigenvalue weighted by molar-refractivity contribution is -0.141. The topological polar surface area (TPSA) is 67.4 Å². The Morgan fingerprint density at radius 2 is 1.83 bits per heavy atom. The van der Waals surface area contributed by atoms with E-state index >= 15 is 0 Å². The summed E-state index contributed by atoms with van der Waals surface area (Å²) in [5.74, 6) is -0.740. The molecule has 0 saturated carbocycles. The maximum atomic E-state index is 11.9. The first-order valence-corrected chi connectivity index (χ1v) is 5.64. The van der Waals surface area contributed by atoms with Crippen LogP contribution in [0.4, 0.5) is 5.69 Å². The van der Waals surface area contributed by atoms with Gasteiger partial charge in [-0.2, -0.15) is 0 Å². The van der Waals surface area contributed by atoms with Crippen molar-refractivity contribution in [3.63, 3.8) is 0 Å². The number of rotatable bonds is 5. The van der Waals surface area contributed by atoms with E-state index in [-0.39, 0.29) is 12.5 Å². The van der Waals surface area contributed by atoms with Crippen LogP contribution >= 0.6 is 0 Å². The standard InChI is InChI=1S/C13H18N2O3/c1-13(2,12(17)14-9-11(16)18-3)15-10-7-5-4-6-8-10/h4-8,15H,9H2,1-3H3,(H,14,17). The highest BCUT2D eigenvalue weighted by atomic mass is 16.5. The average molecular weight is 250 g/mol. The normalized spacial score (nSPS) is 10.6. The summed E-state index contributed by atoms with van der Waals surface area (Å²) in [6.45, 7) is 3.36. The molecule has 0 aliphatic carbocycles. The molecule has 0 fully saturated rings. The molecule has 0 aliphatic heterocycles. The van der Waals surface area contributed by atoms with Crippen molar-refractivity contribution in [3.05, 3.63) is 30.3 Å². The maximum Gasteiger partial charge on any atom is 0.325 e. The monoisotopic (exact) mass is 250 g/mol. The van der Waals surface area contributed by atoms with E-state index in [0.717, 1.165) is 5.69 Å². The zero-order chi connectivity index (χ0) is 13.6. The molecule has 1 aromatic carbocycles. The molecule has 0 bridgehead atoms. The van der Waals surface area contributed by atoms with Crippen LogP contribution in [0.25, 0.3) is 0 Å². The molecule has 0 atom stereocenters. The number of benzene rings is 1. The van der Waals surface area contributed by atoms with Gasteiger partial charge in [-0.1, -0.05) is 18.2 Å². The predicted molar refractivity (Wildman–Crippen MR) is 69.2 cm³/mol. The minimum Gasteiger partial charge on any atom is -0.468 e. The van der Waals surface area contributed by atoms with E-state index in [4.69, 9.17) is 0 Å². The number of methoxy groups -OCH3 is 1. The number of carbonyl (C=O) groups excluding carboxylic acids is 2. The fraction of sp³-hybridized carbons (Fsp3) is 0.385. The third kappa shape index (κ3) is 4.08. The second-order valence-electron chi connectivity index (χ2n) is 4.37. The minimum atomic E-state index is -0.810. The van der Waals surface area contributed by atoms with Gasteiger partial charge in [0, 0.05) is 5.69 Å². The zero-order valence-corrected chi connectivity index (χ0v) is 10.8. The lowest BCUT2D eigenvalue weighted by atomic mass is 10.0. The van der Waals surface area contributed by atoms with Gasteiger partial charge in [-0.3, -0.25) is 9.59 Å². The number of nitrogens with one attached hydrogen (secondary N) is 2. The molecule has 1 aromatic rings. The van der Waals surface area contributed by atoms with Gasteiger partial charge in [-0.25, -0.2) is 0 Å². The number of hydrogen-bond donors (Lipinski definition) is 2. The average Bonchev–Trinajstić information content (AvgIpc) is 2.36. The molecular weight excluding hydrogens is 232 g/mol. The molecule has 98 valence electrons. The summed E-state index contributed by atoms with van der Waals surface area (Å²) in [7, 11) is 1.28. The second-order valence-corrected chi connectivity index (χ2v) is 4.37. The molecule has 0 spiro atoms. The molecule has 0 saturated heterocycles. The summed E-state index contributed by atoms with van der Waals surface area (Å²) in [4.78, 5) is 22.9. The Bertz CT molecular complexity index is 416. The Kier molecular flexibility index (Phi) is 4.71. The van der Waals surface area contributed by atoms with Crippen molar-refractivity contribution in [1.29, 1.82) is 0 Å². The number of carbonyl (C=O) groups is 2. The van der Waals surface area contributed by atoms with E-state index in [1.54, 1.807) is 13.8 Å². The number of para-hydroxylation sites is 1. The molecule has 5 nitrogen and oxygen atoms in total. The smallest absolute Gasteiger partial charge is 0.325 e. The van der Waals surface area contributed by atoms with Crippen molar-refractivity contribution in [2.24, 2.45) is 0 Å². The fourth-order valence-corrected chi connectivity index (χ4v) is 1.38. The molecule has 1 amide bonds. The Hall–Kier alpha value is -2.04. The summed E-state index contributed by atoms with van der Waals surface area (Å²) in [6.07, 6.45) is 0. The molecular formula is C13H18N2O3. The van der Waals surface area contributed by atoms with Crippen molar-refractivity contribution in [1.82, 2.24) is 5.32 Å². The van der Waals surface area contributed by atoms with E-state index in [2.05, 4.69) is 15.4 Å². The molecule has 2 N–H and O–H groups in total. The number of anilines is 1. The third-order valence-corrected chi connectivity index (χ3v) is 2.42. The van der Waals surface area contributed by atoms with Crippen LogP contribution in [-0.2, 0) is 14.3 Å². The van der Waals surface area contributed by atoms with Crippen molar-refractivity contribution in [3.8, 4) is 0 Å². The highest BCUT2D eigenvalue weighted by Crippen LogP contribution is 2.14. The number of ether oxygens (including phenoxy) is 1. The Balaban J connectivity index is 2.57. The van der Waals surface area contributed by atoms with Crippen molar-refractivity contribution < 1.29 is 14.3 Å². The number of amides is 1. The SMILES string of the molecule is COC(=O)CNC(=O)C(C)(C)Nc1ccccc1. The van der Waals surface area contributed by atoms with Gasteiger partial charge in [0.1, 0.15) is 12.1 Å². The summed E-state index contributed by atoms with van der Waals surface area (Å²) in [6, 6.07) is 9.40. The van der Waals surface area contributed by atoms with Crippen molar-refractivity contribution >= 4 is 17.6 Å². The van der Waals surface area contributed by atoms with E-state index in [1.807, 2.05) is 30.3 Å².